The van der Waals surface area contributed by atoms with Gasteiger partial charge in [-0.25, -0.2) is 13.8 Å². The van der Waals surface area contributed by atoms with E-state index in [1.807, 2.05) is 0 Å². The average Bonchev–Trinajstić information content (AvgIpc) is 2.77. The molecule has 1 heterocycles. The second kappa shape index (κ2) is 5.39. The highest BCUT2D eigenvalue weighted by Crippen LogP contribution is 2.30. The Hall–Kier alpha value is -1.46. The minimum absolute atomic E-state index is 0.286. The number of benzene rings is 2. The lowest BCUT2D eigenvalue weighted by Gasteiger charge is -2.11. The van der Waals surface area contributed by atoms with Crippen molar-refractivity contribution in [3.63, 3.8) is 0 Å². The van der Waals surface area contributed by atoms with Crippen LogP contribution in [0.3, 0.4) is 0 Å². The van der Waals surface area contributed by atoms with Crippen LogP contribution in [0.25, 0.3) is 16.7 Å². The van der Waals surface area contributed by atoms with Gasteiger partial charge in [0, 0.05) is 10.5 Å². The molecule has 2 aromatic carbocycles. The summed E-state index contributed by atoms with van der Waals surface area (Å²) in [5, 5.41) is -0.441. The quantitative estimate of drug-likeness (QED) is 0.554. The molecule has 0 saturated heterocycles. The number of fused-ring (bicyclic) bond motifs is 1. The van der Waals surface area contributed by atoms with Gasteiger partial charge in [0.25, 0.3) is 0 Å². The second-order valence-corrected chi connectivity index (χ2v) is 6.22. The van der Waals surface area contributed by atoms with Gasteiger partial charge in [0.2, 0.25) is 0 Å². The number of rotatable bonds is 2. The number of hydrogen-bond acceptors (Lipinski definition) is 1. The molecule has 0 amide bonds. The van der Waals surface area contributed by atoms with Gasteiger partial charge in [-0.05, 0) is 37.3 Å². The third-order valence-corrected chi connectivity index (χ3v) is 3.84. The molecule has 1 atom stereocenters. The van der Waals surface area contributed by atoms with Gasteiger partial charge in [0.05, 0.1) is 22.1 Å². The topological polar surface area (TPSA) is 17.8 Å². The smallest absolute Gasteiger partial charge is 0.148 e. The van der Waals surface area contributed by atoms with Gasteiger partial charge in [-0.15, -0.1) is 11.6 Å². The molecule has 21 heavy (non-hydrogen) atoms. The highest BCUT2D eigenvalue weighted by molar-refractivity contribution is 9.10. The number of aromatic nitrogens is 2. The summed E-state index contributed by atoms with van der Waals surface area (Å²) in [6.45, 7) is 1.74. The van der Waals surface area contributed by atoms with Gasteiger partial charge in [-0.2, -0.15) is 0 Å². The monoisotopic (exact) mass is 370 g/mol. The molecule has 1 aromatic heterocycles. The molecule has 6 heteroatoms. The fourth-order valence-electron chi connectivity index (χ4n) is 2.25. The lowest BCUT2D eigenvalue weighted by Crippen LogP contribution is -2.04. The van der Waals surface area contributed by atoms with Crippen molar-refractivity contribution in [3.8, 4) is 5.69 Å². The zero-order chi connectivity index (χ0) is 15.1. The molecule has 0 aliphatic rings. The third kappa shape index (κ3) is 2.56. The Balaban J connectivity index is 2.38. The fraction of sp³-hybridized carbons (Fsp3) is 0.133. The molecule has 3 aromatic rings. The summed E-state index contributed by atoms with van der Waals surface area (Å²) >= 11 is 9.36. The van der Waals surface area contributed by atoms with E-state index in [0.29, 0.717) is 21.3 Å². The molecule has 0 bridgehead atoms. The van der Waals surface area contributed by atoms with Crippen LogP contribution in [0.2, 0.25) is 0 Å². The van der Waals surface area contributed by atoms with Crippen LogP contribution >= 0.6 is 27.5 Å². The summed E-state index contributed by atoms with van der Waals surface area (Å²) in [7, 11) is 0. The largest absolute Gasteiger partial charge is 0.292 e. The first kappa shape index (κ1) is 14.5. The van der Waals surface area contributed by atoms with Gasteiger partial charge in [0.1, 0.15) is 17.5 Å². The standard InChI is InChI=1S/C15H10BrClF2N2/c1-8(17)15-20-12-4-3-10(18)7-14(12)21(15)13-5-2-9(16)6-11(13)19/h2-8H,1H3. The maximum absolute atomic E-state index is 14.3. The first-order valence-electron chi connectivity index (χ1n) is 6.25. The summed E-state index contributed by atoms with van der Waals surface area (Å²) in [6.07, 6.45) is 0. The average molecular weight is 372 g/mol. The molecular weight excluding hydrogens is 362 g/mol. The molecule has 0 radical (unpaired) electrons. The van der Waals surface area contributed by atoms with E-state index in [4.69, 9.17) is 11.6 Å². The van der Waals surface area contributed by atoms with E-state index in [0.717, 1.165) is 0 Å². The van der Waals surface area contributed by atoms with E-state index in [1.165, 1.54) is 18.2 Å². The summed E-state index contributed by atoms with van der Waals surface area (Å²) in [6, 6.07) is 8.87. The van der Waals surface area contributed by atoms with Crippen molar-refractivity contribution < 1.29 is 8.78 Å². The Bertz CT molecular complexity index is 830. The predicted molar refractivity (Wildman–Crippen MR) is 83.0 cm³/mol. The normalized spacial score (nSPS) is 12.8. The van der Waals surface area contributed by atoms with Crippen molar-refractivity contribution in [1.82, 2.24) is 9.55 Å². The van der Waals surface area contributed by atoms with Gasteiger partial charge in [0.15, 0.2) is 0 Å². The number of nitrogens with zero attached hydrogens (tertiary/aromatic N) is 2. The molecule has 0 fully saturated rings. The van der Waals surface area contributed by atoms with Crippen molar-refractivity contribution in [2.75, 3.05) is 0 Å². The van der Waals surface area contributed by atoms with Gasteiger partial charge in [-0.1, -0.05) is 15.9 Å². The highest BCUT2D eigenvalue weighted by atomic mass is 79.9. The van der Waals surface area contributed by atoms with Crippen molar-refractivity contribution in [2.24, 2.45) is 0 Å². The number of alkyl halides is 1. The van der Waals surface area contributed by atoms with Gasteiger partial charge in [-0.3, -0.25) is 4.57 Å². The minimum Gasteiger partial charge on any atom is -0.292 e. The SMILES string of the molecule is CC(Cl)c1nc2ccc(F)cc2n1-c1ccc(Br)cc1F. The maximum atomic E-state index is 14.3. The molecule has 0 N–H and O–H groups in total. The fourth-order valence-corrected chi connectivity index (χ4v) is 2.73. The first-order chi connectivity index (χ1) is 9.97. The van der Waals surface area contributed by atoms with Gasteiger partial charge >= 0.3 is 0 Å². The van der Waals surface area contributed by atoms with Crippen molar-refractivity contribution >= 4 is 38.6 Å². The zero-order valence-corrected chi connectivity index (χ0v) is 13.3. The number of halogens is 4. The Morgan fingerprint density at radius 1 is 1.19 bits per heavy atom. The predicted octanol–water partition coefficient (Wildman–Crippen LogP) is 5.37. The first-order valence-corrected chi connectivity index (χ1v) is 7.47. The molecule has 0 aliphatic carbocycles. The van der Waals surface area contributed by atoms with Crippen LogP contribution in [-0.2, 0) is 0 Å². The second-order valence-electron chi connectivity index (χ2n) is 4.65. The van der Waals surface area contributed by atoms with Crippen LogP contribution in [0, 0.1) is 11.6 Å². The summed E-state index contributed by atoms with van der Waals surface area (Å²) in [5.41, 5.74) is 1.34. The van der Waals surface area contributed by atoms with Crippen LogP contribution in [0.5, 0.6) is 0 Å². The van der Waals surface area contributed by atoms with Crippen molar-refractivity contribution in [3.05, 3.63) is 58.3 Å². The van der Waals surface area contributed by atoms with Crippen LogP contribution < -0.4 is 0 Å². The van der Waals surface area contributed by atoms with Crippen LogP contribution in [0.4, 0.5) is 8.78 Å². The zero-order valence-electron chi connectivity index (χ0n) is 10.9. The number of hydrogen-bond donors (Lipinski definition) is 0. The molecule has 2 nitrogen and oxygen atoms in total. The van der Waals surface area contributed by atoms with E-state index in [1.54, 1.807) is 29.7 Å². The minimum atomic E-state index is -0.441. The highest BCUT2D eigenvalue weighted by Gasteiger charge is 2.19. The molecule has 0 saturated carbocycles. The third-order valence-electron chi connectivity index (χ3n) is 3.15. The van der Waals surface area contributed by atoms with Crippen LogP contribution in [-0.4, -0.2) is 9.55 Å². The Labute approximate surface area is 133 Å². The van der Waals surface area contributed by atoms with Crippen LogP contribution in [0.1, 0.15) is 18.1 Å². The van der Waals surface area contributed by atoms with Crippen molar-refractivity contribution in [1.29, 1.82) is 0 Å². The number of imidazole rings is 1. The van der Waals surface area contributed by atoms with E-state index >= 15 is 0 Å². The summed E-state index contributed by atoms with van der Waals surface area (Å²) < 4.78 is 30.0. The summed E-state index contributed by atoms with van der Waals surface area (Å²) in [5.74, 6) is -0.375. The molecule has 0 spiro atoms. The van der Waals surface area contributed by atoms with E-state index in [-0.39, 0.29) is 5.69 Å². The van der Waals surface area contributed by atoms with Gasteiger partial charge < -0.3 is 0 Å². The molecule has 0 aliphatic heterocycles. The Kier molecular flexibility index (Phi) is 3.71. The molecule has 3 rings (SSSR count). The van der Waals surface area contributed by atoms with Crippen molar-refractivity contribution in [2.45, 2.75) is 12.3 Å². The Morgan fingerprint density at radius 2 is 1.95 bits per heavy atom. The van der Waals surface area contributed by atoms with Crippen LogP contribution in [0.15, 0.2) is 40.9 Å². The summed E-state index contributed by atoms with van der Waals surface area (Å²) in [4.78, 5) is 4.38. The lowest BCUT2D eigenvalue weighted by atomic mass is 10.2. The molecule has 108 valence electrons. The van der Waals surface area contributed by atoms with E-state index in [9.17, 15) is 8.78 Å². The lowest BCUT2D eigenvalue weighted by molar-refractivity contribution is 0.614. The van der Waals surface area contributed by atoms with E-state index in [2.05, 4.69) is 20.9 Å². The molecular formula is C15H10BrClF2N2. The Morgan fingerprint density at radius 3 is 2.62 bits per heavy atom. The maximum Gasteiger partial charge on any atom is 0.148 e. The van der Waals surface area contributed by atoms with E-state index < -0.39 is 17.0 Å². The molecule has 1 unspecified atom stereocenters.